The highest BCUT2D eigenvalue weighted by molar-refractivity contribution is 5.79. The third-order valence-electron chi connectivity index (χ3n) is 5.67. The molecule has 0 radical (unpaired) electrons. The molecule has 25 heavy (non-hydrogen) atoms. The maximum absolute atomic E-state index is 12.7. The fourth-order valence-corrected chi connectivity index (χ4v) is 4.34. The SMILES string of the molecule is CC(C)(C)OC(=O)N1CC[C@H]([C@H]2CCCN(C(=O)C3CC=CC3)C2)C1. The first kappa shape index (κ1) is 18.3. The summed E-state index contributed by atoms with van der Waals surface area (Å²) in [6, 6.07) is 0. The molecule has 2 fully saturated rings. The van der Waals surface area contributed by atoms with Gasteiger partial charge in [0, 0.05) is 32.1 Å². The average Bonchev–Trinajstić information content (AvgIpc) is 3.24. The lowest BCUT2D eigenvalue weighted by Gasteiger charge is -2.37. The molecule has 0 unspecified atom stereocenters. The van der Waals surface area contributed by atoms with Crippen molar-refractivity contribution in [3.63, 3.8) is 0 Å². The van der Waals surface area contributed by atoms with Crippen LogP contribution in [0, 0.1) is 17.8 Å². The summed E-state index contributed by atoms with van der Waals surface area (Å²) in [5, 5.41) is 0. The van der Waals surface area contributed by atoms with Gasteiger partial charge < -0.3 is 14.5 Å². The Balaban J connectivity index is 1.52. The van der Waals surface area contributed by atoms with Crippen molar-refractivity contribution in [1.29, 1.82) is 0 Å². The molecular weight excluding hydrogens is 316 g/mol. The number of nitrogens with zero attached hydrogens (tertiary/aromatic N) is 2. The second-order valence-electron chi connectivity index (χ2n) is 8.80. The first-order chi connectivity index (χ1) is 11.8. The van der Waals surface area contributed by atoms with Crippen molar-refractivity contribution in [2.45, 2.75) is 58.5 Å². The van der Waals surface area contributed by atoms with Crippen LogP contribution in [0.15, 0.2) is 12.2 Å². The van der Waals surface area contributed by atoms with E-state index in [0.717, 1.165) is 51.9 Å². The van der Waals surface area contributed by atoms with Crippen molar-refractivity contribution in [2.24, 2.45) is 17.8 Å². The number of carbonyl (C=O) groups is 2. The highest BCUT2D eigenvalue weighted by atomic mass is 16.6. The Labute approximate surface area is 151 Å². The van der Waals surface area contributed by atoms with E-state index in [1.54, 1.807) is 0 Å². The Morgan fingerprint density at radius 2 is 1.60 bits per heavy atom. The van der Waals surface area contributed by atoms with Gasteiger partial charge in [-0.05, 0) is 64.7 Å². The number of hydrogen-bond acceptors (Lipinski definition) is 3. The van der Waals surface area contributed by atoms with Crippen LogP contribution in [0.5, 0.6) is 0 Å². The predicted octanol–water partition coefficient (Wildman–Crippen LogP) is 3.45. The quantitative estimate of drug-likeness (QED) is 0.718. The van der Waals surface area contributed by atoms with E-state index in [9.17, 15) is 9.59 Å². The van der Waals surface area contributed by atoms with Crippen molar-refractivity contribution < 1.29 is 14.3 Å². The monoisotopic (exact) mass is 348 g/mol. The second kappa shape index (κ2) is 7.38. The van der Waals surface area contributed by atoms with Crippen molar-refractivity contribution >= 4 is 12.0 Å². The van der Waals surface area contributed by atoms with E-state index >= 15 is 0 Å². The highest BCUT2D eigenvalue weighted by Crippen LogP contribution is 2.33. The fourth-order valence-electron chi connectivity index (χ4n) is 4.34. The largest absolute Gasteiger partial charge is 0.444 e. The molecule has 5 nitrogen and oxygen atoms in total. The van der Waals surface area contributed by atoms with Gasteiger partial charge in [-0.1, -0.05) is 12.2 Å². The molecule has 0 saturated carbocycles. The third kappa shape index (κ3) is 4.56. The van der Waals surface area contributed by atoms with Gasteiger partial charge in [-0.2, -0.15) is 0 Å². The zero-order valence-corrected chi connectivity index (χ0v) is 15.9. The van der Waals surface area contributed by atoms with Crippen LogP contribution in [0.1, 0.15) is 52.9 Å². The lowest BCUT2D eigenvalue weighted by molar-refractivity contribution is -0.137. The van der Waals surface area contributed by atoms with Gasteiger partial charge in [-0.3, -0.25) is 4.79 Å². The molecule has 140 valence electrons. The van der Waals surface area contributed by atoms with Crippen molar-refractivity contribution in [3.05, 3.63) is 12.2 Å². The molecule has 0 N–H and O–H groups in total. The lowest BCUT2D eigenvalue weighted by Crippen LogP contribution is -2.45. The van der Waals surface area contributed by atoms with Gasteiger partial charge in [-0.15, -0.1) is 0 Å². The maximum Gasteiger partial charge on any atom is 0.410 e. The number of amides is 2. The number of hydrogen-bond donors (Lipinski definition) is 0. The Morgan fingerprint density at radius 1 is 0.960 bits per heavy atom. The van der Waals surface area contributed by atoms with E-state index in [-0.39, 0.29) is 12.0 Å². The standard InChI is InChI=1S/C20H32N2O3/c1-20(2,3)25-19(24)22-12-10-17(14-22)16-9-6-11-21(13-16)18(23)15-7-4-5-8-15/h4-5,15-17H,6-14H2,1-3H3/t16-,17-/m0/s1. The van der Waals surface area contributed by atoms with Crippen LogP contribution in [0.25, 0.3) is 0 Å². The number of carbonyl (C=O) groups excluding carboxylic acids is 2. The van der Waals surface area contributed by atoms with E-state index in [1.165, 1.54) is 6.42 Å². The zero-order valence-electron chi connectivity index (χ0n) is 15.9. The number of piperidine rings is 1. The molecule has 5 heteroatoms. The predicted molar refractivity (Wildman–Crippen MR) is 97.1 cm³/mol. The van der Waals surface area contributed by atoms with E-state index in [2.05, 4.69) is 17.1 Å². The molecule has 3 aliphatic rings. The molecule has 0 bridgehead atoms. The molecule has 1 aliphatic carbocycles. The Hall–Kier alpha value is -1.52. The normalized spacial score (nSPS) is 27.8. The Kier molecular flexibility index (Phi) is 5.40. The van der Waals surface area contributed by atoms with Crippen molar-refractivity contribution in [1.82, 2.24) is 9.80 Å². The number of rotatable bonds is 2. The van der Waals surface area contributed by atoms with Crippen LogP contribution >= 0.6 is 0 Å². The molecule has 2 atom stereocenters. The van der Waals surface area contributed by atoms with Crippen LogP contribution < -0.4 is 0 Å². The molecule has 2 aliphatic heterocycles. The minimum Gasteiger partial charge on any atom is -0.444 e. The van der Waals surface area contributed by atoms with Gasteiger partial charge in [-0.25, -0.2) is 4.79 Å². The van der Waals surface area contributed by atoms with Gasteiger partial charge in [0.25, 0.3) is 0 Å². The van der Waals surface area contributed by atoms with Gasteiger partial charge in [0.1, 0.15) is 5.60 Å². The second-order valence-corrected chi connectivity index (χ2v) is 8.80. The molecule has 0 aromatic rings. The third-order valence-corrected chi connectivity index (χ3v) is 5.67. The summed E-state index contributed by atoms with van der Waals surface area (Å²) in [4.78, 5) is 28.9. The van der Waals surface area contributed by atoms with Crippen LogP contribution in [-0.2, 0) is 9.53 Å². The van der Waals surface area contributed by atoms with Gasteiger partial charge in [0.05, 0.1) is 0 Å². The minimum atomic E-state index is -0.446. The van der Waals surface area contributed by atoms with Crippen LogP contribution in [0.4, 0.5) is 4.79 Å². The summed E-state index contributed by atoms with van der Waals surface area (Å²) in [6.07, 6.45) is 9.12. The first-order valence-corrected chi connectivity index (χ1v) is 9.75. The Bertz CT molecular complexity index is 530. The summed E-state index contributed by atoms with van der Waals surface area (Å²) in [7, 11) is 0. The summed E-state index contributed by atoms with van der Waals surface area (Å²) >= 11 is 0. The summed E-state index contributed by atoms with van der Waals surface area (Å²) in [5.41, 5.74) is -0.446. The maximum atomic E-state index is 12.7. The van der Waals surface area contributed by atoms with Crippen LogP contribution in [0.3, 0.4) is 0 Å². The average molecular weight is 348 g/mol. The van der Waals surface area contributed by atoms with Gasteiger partial charge >= 0.3 is 6.09 Å². The van der Waals surface area contributed by atoms with E-state index in [0.29, 0.717) is 17.7 Å². The summed E-state index contributed by atoms with van der Waals surface area (Å²) in [6.45, 7) is 9.02. The fraction of sp³-hybridized carbons (Fsp3) is 0.800. The molecule has 0 aromatic carbocycles. The molecule has 0 aromatic heterocycles. The number of allylic oxidation sites excluding steroid dienone is 2. The minimum absolute atomic E-state index is 0.167. The smallest absolute Gasteiger partial charge is 0.410 e. The van der Waals surface area contributed by atoms with E-state index in [1.807, 2.05) is 25.7 Å². The van der Waals surface area contributed by atoms with E-state index < -0.39 is 5.60 Å². The lowest BCUT2D eigenvalue weighted by atomic mass is 9.84. The van der Waals surface area contributed by atoms with Gasteiger partial charge in [0.15, 0.2) is 0 Å². The zero-order chi connectivity index (χ0) is 18.0. The molecule has 2 saturated heterocycles. The summed E-state index contributed by atoms with van der Waals surface area (Å²) in [5.74, 6) is 1.50. The van der Waals surface area contributed by atoms with Crippen molar-refractivity contribution in [2.75, 3.05) is 26.2 Å². The molecule has 2 amide bonds. The molecular formula is C20H32N2O3. The number of ether oxygens (including phenoxy) is 1. The molecule has 0 spiro atoms. The molecule has 3 rings (SSSR count). The van der Waals surface area contributed by atoms with Gasteiger partial charge in [0.2, 0.25) is 5.91 Å². The topological polar surface area (TPSA) is 49.9 Å². The van der Waals surface area contributed by atoms with Crippen LogP contribution in [-0.4, -0.2) is 53.6 Å². The first-order valence-electron chi connectivity index (χ1n) is 9.75. The van der Waals surface area contributed by atoms with Crippen molar-refractivity contribution in [3.8, 4) is 0 Å². The number of likely N-dealkylation sites (tertiary alicyclic amines) is 2. The summed E-state index contributed by atoms with van der Waals surface area (Å²) < 4.78 is 5.50. The molecule has 2 heterocycles. The van der Waals surface area contributed by atoms with E-state index in [4.69, 9.17) is 4.74 Å². The van der Waals surface area contributed by atoms with Crippen LogP contribution in [0.2, 0.25) is 0 Å². The Morgan fingerprint density at radius 3 is 2.28 bits per heavy atom. The highest BCUT2D eigenvalue weighted by Gasteiger charge is 2.37.